The van der Waals surface area contributed by atoms with Crippen LogP contribution in [0.15, 0.2) is 16.8 Å². The third-order valence-electron chi connectivity index (χ3n) is 3.12. The molecule has 1 aromatic rings. The molecule has 19 heavy (non-hydrogen) atoms. The van der Waals surface area contributed by atoms with Crippen molar-refractivity contribution in [3.63, 3.8) is 0 Å². The van der Waals surface area contributed by atoms with Crippen LogP contribution in [0.2, 0.25) is 0 Å². The van der Waals surface area contributed by atoms with E-state index in [1.807, 2.05) is 12.3 Å². The van der Waals surface area contributed by atoms with Crippen LogP contribution in [0.5, 0.6) is 0 Å². The van der Waals surface area contributed by atoms with E-state index in [-0.39, 0.29) is 11.8 Å². The van der Waals surface area contributed by atoms with Crippen molar-refractivity contribution in [3.8, 4) is 0 Å². The summed E-state index contributed by atoms with van der Waals surface area (Å²) in [6.07, 6.45) is 0.589. The molecule has 0 spiro atoms. The summed E-state index contributed by atoms with van der Waals surface area (Å²) in [5.74, 6) is -0.205. The number of rotatable bonds is 4. The summed E-state index contributed by atoms with van der Waals surface area (Å²) in [6.45, 7) is 4.24. The molecule has 2 heterocycles. The van der Waals surface area contributed by atoms with Gasteiger partial charge in [0.25, 0.3) is 5.91 Å². The second-order valence-electron chi connectivity index (χ2n) is 4.38. The number of amides is 2. The fourth-order valence-electron chi connectivity index (χ4n) is 1.98. The maximum Gasteiger partial charge on any atom is 0.252 e. The van der Waals surface area contributed by atoms with Crippen molar-refractivity contribution < 1.29 is 14.3 Å². The average Bonchev–Trinajstić information content (AvgIpc) is 2.99. The van der Waals surface area contributed by atoms with Crippen molar-refractivity contribution in [1.29, 1.82) is 0 Å². The van der Waals surface area contributed by atoms with E-state index in [0.717, 1.165) is 0 Å². The number of nitrogens with one attached hydrogen (secondary N) is 1. The Morgan fingerprint density at radius 2 is 2.21 bits per heavy atom. The molecule has 5 nitrogen and oxygen atoms in total. The molecule has 1 aliphatic heterocycles. The summed E-state index contributed by atoms with van der Waals surface area (Å²) in [4.78, 5) is 26.0. The Morgan fingerprint density at radius 3 is 2.79 bits per heavy atom. The Labute approximate surface area is 116 Å². The molecule has 1 N–H and O–H groups in total. The smallest absolute Gasteiger partial charge is 0.252 e. The predicted molar refractivity (Wildman–Crippen MR) is 73.3 cm³/mol. The van der Waals surface area contributed by atoms with Gasteiger partial charge < -0.3 is 15.0 Å². The van der Waals surface area contributed by atoms with Crippen molar-refractivity contribution in [2.24, 2.45) is 0 Å². The molecule has 1 atom stereocenters. The molecule has 0 aliphatic carbocycles. The highest BCUT2D eigenvalue weighted by atomic mass is 32.1. The number of thiophene rings is 1. The van der Waals surface area contributed by atoms with Gasteiger partial charge in [-0.05, 0) is 17.9 Å². The molecule has 0 radical (unpaired) electrons. The lowest BCUT2D eigenvalue weighted by Crippen LogP contribution is -2.51. The summed E-state index contributed by atoms with van der Waals surface area (Å²) in [5, 5.41) is 6.43. The van der Waals surface area contributed by atoms with Crippen LogP contribution in [0.4, 0.5) is 0 Å². The SMILES string of the molecule is CC[C@@H](NC(=O)c1ccsc1)C(=O)N1CCOCC1. The van der Waals surface area contributed by atoms with Gasteiger partial charge in [0.05, 0.1) is 18.8 Å². The minimum absolute atomic E-state index is 0.0191. The van der Waals surface area contributed by atoms with E-state index in [1.54, 1.807) is 16.3 Å². The Hall–Kier alpha value is -1.40. The van der Waals surface area contributed by atoms with Crippen LogP contribution in [0.1, 0.15) is 23.7 Å². The standard InChI is InChI=1S/C13H18N2O3S/c1-2-11(13(17)15-4-6-18-7-5-15)14-12(16)10-3-8-19-9-10/h3,8-9,11H,2,4-7H2,1H3,(H,14,16)/t11-/m1/s1. The Balaban J connectivity index is 1.95. The minimum atomic E-state index is -0.453. The number of carbonyl (C=O) groups excluding carboxylic acids is 2. The molecule has 104 valence electrons. The fourth-order valence-corrected chi connectivity index (χ4v) is 2.61. The quantitative estimate of drug-likeness (QED) is 0.900. The highest BCUT2D eigenvalue weighted by Crippen LogP contribution is 2.08. The molecule has 1 fully saturated rings. The lowest BCUT2D eigenvalue weighted by atomic mass is 10.1. The van der Waals surface area contributed by atoms with E-state index < -0.39 is 6.04 Å². The van der Waals surface area contributed by atoms with Gasteiger partial charge >= 0.3 is 0 Å². The number of hydrogen-bond donors (Lipinski definition) is 1. The summed E-state index contributed by atoms with van der Waals surface area (Å²) >= 11 is 1.47. The number of carbonyl (C=O) groups is 2. The van der Waals surface area contributed by atoms with Crippen LogP contribution in [-0.2, 0) is 9.53 Å². The molecular weight excluding hydrogens is 264 g/mol. The largest absolute Gasteiger partial charge is 0.378 e. The maximum atomic E-state index is 12.3. The van der Waals surface area contributed by atoms with E-state index in [4.69, 9.17) is 4.74 Å². The third kappa shape index (κ3) is 3.54. The topological polar surface area (TPSA) is 58.6 Å². The highest BCUT2D eigenvalue weighted by molar-refractivity contribution is 7.08. The molecule has 0 unspecified atom stereocenters. The van der Waals surface area contributed by atoms with E-state index in [0.29, 0.717) is 38.3 Å². The van der Waals surface area contributed by atoms with Gasteiger partial charge in [0.2, 0.25) is 5.91 Å². The van der Waals surface area contributed by atoms with Gasteiger partial charge in [0, 0.05) is 18.5 Å². The van der Waals surface area contributed by atoms with Gasteiger partial charge in [0.15, 0.2) is 0 Å². The molecule has 2 rings (SSSR count). The van der Waals surface area contributed by atoms with Gasteiger partial charge in [-0.1, -0.05) is 6.92 Å². The van der Waals surface area contributed by atoms with Crippen LogP contribution in [-0.4, -0.2) is 49.1 Å². The zero-order valence-corrected chi connectivity index (χ0v) is 11.7. The first-order valence-corrected chi connectivity index (χ1v) is 7.36. The summed E-state index contributed by atoms with van der Waals surface area (Å²) < 4.78 is 5.22. The lowest BCUT2D eigenvalue weighted by molar-refractivity contribution is -0.137. The van der Waals surface area contributed by atoms with Crippen molar-refractivity contribution in [1.82, 2.24) is 10.2 Å². The first-order chi connectivity index (χ1) is 9.22. The van der Waals surface area contributed by atoms with E-state index in [2.05, 4.69) is 5.32 Å². The first kappa shape index (κ1) is 14.0. The molecule has 0 bridgehead atoms. The second kappa shape index (κ2) is 6.68. The van der Waals surface area contributed by atoms with Gasteiger partial charge in [-0.15, -0.1) is 0 Å². The molecule has 1 saturated heterocycles. The fraction of sp³-hybridized carbons (Fsp3) is 0.538. The van der Waals surface area contributed by atoms with Crippen LogP contribution in [0, 0.1) is 0 Å². The zero-order valence-electron chi connectivity index (χ0n) is 10.9. The Morgan fingerprint density at radius 1 is 1.47 bits per heavy atom. The number of nitrogens with zero attached hydrogens (tertiary/aromatic N) is 1. The van der Waals surface area contributed by atoms with E-state index in [9.17, 15) is 9.59 Å². The van der Waals surface area contributed by atoms with Gasteiger partial charge in [-0.3, -0.25) is 9.59 Å². The van der Waals surface area contributed by atoms with Crippen LogP contribution in [0.25, 0.3) is 0 Å². The molecule has 0 aromatic carbocycles. The van der Waals surface area contributed by atoms with E-state index in [1.165, 1.54) is 11.3 Å². The lowest BCUT2D eigenvalue weighted by Gasteiger charge is -2.30. The van der Waals surface area contributed by atoms with Gasteiger partial charge in [-0.2, -0.15) is 11.3 Å². The van der Waals surface area contributed by atoms with Crippen LogP contribution >= 0.6 is 11.3 Å². The summed E-state index contributed by atoms with van der Waals surface area (Å²) in [7, 11) is 0. The van der Waals surface area contributed by atoms with Crippen molar-refractivity contribution >= 4 is 23.2 Å². The Bertz CT molecular complexity index is 427. The number of ether oxygens (including phenoxy) is 1. The molecule has 1 aliphatic rings. The third-order valence-corrected chi connectivity index (χ3v) is 3.80. The number of hydrogen-bond acceptors (Lipinski definition) is 4. The molecule has 0 saturated carbocycles. The average molecular weight is 282 g/mol. The van der Waals surface area contributed by atoms with Crippen LogP contribution in [0.3, 0.4) is 0 Å². The normalized spacial score (nSPS) is 17.0. The summed E-state index contributed by atoms with van der Waals surface area (Å²) in [6, 6.07) is 1.30. The van der Waals surface area contributed by atoms with Gasteiger partial charge in [0.1, 0.15) is 6.04 Å². The van der Waals surface area contributed by atoms with E-state index >= 15 is 0 Å². The predicted octanol–water partition coefficient (Wildman–Crippen LogP) is 1.12. The monoisotopic (exact) mass is 282 g/mol. The molecular formula is C13H18N2O3S. The summed E-state index contributed by atoms with van der Waals surface area (Å²) in [5.41, 5.74) is 0.609. The zero-order chi connectivity index (χ0) is 13.7. The molecule has 1 aromatic heterocycles. The van der Waals surface area contributed by atoms with Gasteiger partial charge in [-0.25, -0.2) is 0 Å². The van der Waals surface area contributed by atoms with Crippen LogP contribution < -0.4 is 5.32 Å². The molecule has 2 amide bonds. The van der Waals surface area contributed by atoms with Crippen molar-refractivity contribution in [3.05, 3.63) is 22.4 Å². The first-order valence-electron chi connectivity index (χ1n) is 6.42. The maximum absolute atomic E-state index is 12.3. The highest BCUT2D eigenvalue weighted by Gasteiger charge is 2.26. The van der Waals surface area contributed by atoms with Crippen molar-refractivity contribution in [2.45, 2.75) is 19.4 Å². The Kier molecular flexibility index (Phi) is 4.93. The van der Waals surface area contributed by atoms with Crippen molar-refractivity contribution in [2.75, 3.05) is 26.3 Å². The second-order valence-corrected chi connectivity index (χ2v) is 5.16. The minimum Gasteiger partial charge on any atom is -0.378 e. The molecule has 6 heteroatoms. The number of morpholine rings is 1.